The summed E-state index contributed by atoms with van der Waals surface area (Å²) in [6, 6.07) is 12.5. The Morgan fingerprint density at radius 3 is 2.32 bits per heavy atom. The Hall–Kier alpha value is -3.09. The number of carboxylic acid groups (broad SMARTS) is 1. The molecule has 1 aliphatic carbocycles. The van der Waals surface area contributed by atoms with Crippen molar-refractivity contribution in [2.75, 3.05) is 0 Å². The lowest BCUT2D eigenvalue weighted by Gasteiger charge is -2.31. The summed E-state index contributed by atoms with van der Waals surface area (Å²) < 4.78 is 5.32. The number of fused-ring (bicyclic) bond motifs is 1. The molecule has 2 aromatic rings. The summed E-state index contributed by atoms with van der Waals surface area (Å²) in [6.07, 6.45) is 1.90. The molecule has 166 valence electrons. The number of nitrogens with one attached hydrogen (secondary N) is 2. The minimum atomic E-state index is -1.15. The Morgan fingerprint density at radius 2 is 1.71 bits per heavy atom. The molecule has 0 spiro atoms. The number of benzene rings is 2. The fraction of sp³-hybridized carbons (Fsp3) is 0.458. The van der Waals surface area contributed by atoms with Gasteiger partial charge in [0.15, 0.2) is 0 Å². The summed E-state index contributed by atoms with van der Waals surface area (Å²) >= 11 is 0. The van der Waals surface area contributed by atoms with Crippen molar-refractivity contribution in [3.8, 4) is 0 Å². The minimum Gasteiger partial charge on any atom is -0.480 e. The van der Waals surface area contributed by atoms with Crippen molar-refractivity contribution < 1.29 is 24.2 Å². The highest BCUT2D eigenvalue weighted by Crippen LogP contribution is 2.30. The second-order valence-corrected chi connectivity index (χ2v) is 9.17. The van der Waals surface area contributed by atoms with E-state index in [1.54, 1.807) is 20.8 Å². The zero-order chi connectivity index (χ0) is 22.6. The van der Waals surface area contributed by atoms with E-state index in [0.29, 0.717) is 12.8 Å². The quantitative estimate of drug-likeness (QED) is 0.652. The minimum absolute atomic E-state index is 0.147. The van der Waals surface area contributed by atoms with Crippen LogP contribution >= 0.6 is 0 Å². The summed E-state index contributed by atoms with van der Waals surface area (Å²) in [7, 11) is 0. The normalized spacial score (nSPS) is 16.5. The molecule has 0 aliphatic heterocycles. The number of carbonyl (C=O) groups is 3. The van der Waals surface area contributed by atoms with Crippen LogP contribution in [0.25, 0.3) is 10.8 Å². The summed E-state index contributed by atoms with van der Waals surface area (Å²) in [5.74, 6) is -1.60. The molecule has 0 saturated heterocycles. The van der Waals surface area contributed by atoms with Gasteiger partial charge in [0.2, 0.25) is 5.91 Å². The average molecular weight is 427 g/mol. The zero-order valence-corrected chi connectivity index (χ0v) is 18.2. The van der Waals surface area contributed by atoms with Gasteiger partial charge < -0.3 is 20.5 Å². The van der Waals surface area contributed by atoms with Crippen molar-refractivity contribution in [1.82, 2.24) is 10.6 Å². The number of amides is 2. The molecule has 1 unspecified atom stereocenters. The lowest BCUT2D eigenvalue weighted by molar-refractivity contribution is -0.142. The molecule has 7 nitrogen and oxygen atoms in total. The third kappa shape index (κ3) is 5.75. The van der Waals surface area contributed by atoms with Gasteiger partial charge in [-0.3, -0.25) is 4.79 Å². The molecule has 31 heavy (non-hydrogen) atoms. The highest BCUT2D eigenvalue weighted by molar-refractivity contribution is 5.93. The first-order chi connectivity index (χ1) is 14.6. The van der Waals surface area contributed by atoms with Gasteiger partial charge in [0.05, 0.1) is 0 Å². The molecule has 0 radical (unpaired) electrons. The topological polar surface area (TPSA) is 105 Å². The number of carboxylic acids is 1. The molecule has 1 atom stereocenters. The monoisotopic (exact) mass is 426 g/mol. The maximum absolute atomic E-state index is 13.1. The van der Waals surface area contributed by atoms with Crippen LogP contribution < -0.4 is 10.6 Å². The Kier molecular flexibility index (Phi) is 6.53. The molecule has 2 amide bonds. The van der Waals surface area contributed by atoms with E-state index in [-0.39, 0.29) is 6.42 Å². The van der Waals surface area contributed by atoms with Crippen LogP contribution in [0, 0.1) is 0 Å². The molecule has 3 rings (SSSR count). The fourth-order valence-electron chi connectivity index (χ4n) is 3.98. The number of aliphatic carboxylic acids is 1. The average Bonchev–Trinajstić information content (AvgIpc) is 3.15. The van der Waals surface area contributed by atoms with E-state index in [2.05, 4.69) is 10.6 Å². The molecule has 0 heterocycles. The Morgan fingerprint density at radius 1 is 1.06 bits per heavy atom. The SMILES string of the molecule is CC(C)(C)OC(=O)NC1(C(=O)NC(Cc2ccc3ccccc3c2)C(=O)O)CCCC1. The third-order valence-corrected chi connectivity index (χ3v) is 5.49. The molecule has 1 aliphatic rings. The van der Waals surface area contributed by atoms with Crippen LogP contribution in [0.3, 0.4) is 0 Å². The largest absolute Gasteiger partial charge is 0.480 e. The van der Waals surface area contributed by atoms with E-state index in [4.69, 9.17) is 4.74 Å². The standard InChI is InChI=1S/C24H30N2O5/c1-23(2,3)31-22(30)26-24(12-6-7-13-24)21(29)25-19(20(27)28)15-16-10-11-17-8-4-5-9-18(17)14-16/h4-5,8-11,14,19H,6-7,12-13,15H2,1-3H3,(H,25,29)(H,26,30)(H,27,28). The fourth-order valence-corrected chi connectivity index (χ4v) is 3.98. The second kappa shape index (κ2) is 8.96. The Bertz CT molecular complexity index is 973. The molecule has 2 aromatic carbocycles. The molecular weight excluding hydrogens is 396 g/mol. The Labute approximate surface area is 182 Å². The first-order valence-corrected chi connectivity index (χ1v) is 10.6. The van der Waals surface area contributed by atoms with Crippen molar-refractivity contribution in [1.29, 1.82) is 0 Å². The number of hydrogen-bond acceptors (Lipinski definition) is 4. The van der Waals surface area contributed by atoms with Crippen LogP contribution in [-0.2, 0) is 20.7 Å². The van der Waals surface area contributed by atoms with E-state index < -0.39 is 35.2 Å². The van der Waals surface area contributed by atoms with E-state index in [9.17, 15) is 19.5 Å². The lowest BCUT2D eigenvalue weighted by atomic mass is 9.95. The number of ether oxygens (including phenoxy) is 1. The van der Waals surface area contributed by atoms with Crippen molar-refractivity contribution in [3.63, 3.8) is 0 Å². The van der Waals surface area contributed by atoms with E-state index in [1.165, 1.54) is 0 Å². The van der Waals surface area contributed by atoms with Crippen molar-refractivity contribution >= 4 is 28.7 Å². The molecule has 1 fully saturated rings. The maximum Gasteiger partial charge on any atom is 0.408 e. The number of hydrogen-bond donors (Lipinski definition) is 3. The maximum atomic E-state index is 13.1. The predicted octanol–water partition coefficient (Wildman–Crippen LogP) is 3.79. The van der Waals surface area contributed by atoms with Gasteiger partial charge >= 0.3 is 12.1 Å². The lowest BCUT2D eigenvalue weighted by Crippen LogP contribution is -2.60. The Balaban J connectivity index is 1.74. The molecule has 3 N–H and O–H groups in total. The van der Waals surface area contributed by atoms with Gasteiger partial charge in [-0.15, -0.1) is 0 Å². The van der Waals surface area contributed by atoms with Crippen LogP contribution in [0.5, 0.6) is 0 Å². The number of alkyl carbamates (subject to hydrolysis) is 1. The highest BCUT2D eigenvalue weighted by Gasteiger charge is 2.44. The first kappa shape index (κ1) is 22.6. The van der Waals surface area contributed by atoms with E-state index >= 15 is 0 Å². The van der Waals surface area contributed by atoms with Gasteiger partial charge in [0.1, 0.15) is 17.2 Å². The number of carbonyl (C=O) groups excluding carboxylic acids is 2. The smallest absolute Gasteiger partial charge is 0.408 e. The number of rotatable bonds is 6. The zero-order valence-electron chi connectivity index (χ0n) is 18.2. The second-order valence-electron chi connectivity index (χ2n) is 9.17. The van der Waals surface area contributed by atoms with Crippen LogP contribution in [-0.4, -0.2) is 40.3 Å². The third-order valence-electron chi connectivity index (χ3n) is 5.49. The van der Waals surface area contributed by atoms with E-state index in [0.717, 1.165) is 29.2 Å². The summed E-state index contributed by atoms with van der Waals surface area (Å²) in [6.45, 7) is 5.24. The highest BCUT2D eigenvalue weighted by atomic mass is 16.6. The molecule has 1 saturated carbocycles. The molecule has 0 aromatic heterocycles. The van der Waals surface area contributed by atoms with Gasteiger partial charge in [-0.05, 0) is 49.9 Å². The van der Waals surface area contributed by atoms with Crippen LogP contribution in [0.1, 0.15) is 52.0 Å². The van der Waals surface area contributed by atoms with Gasteiger partial charge in [-0.2, -0.15) is 0 Å². The van der Waals surface area contributed by atoms with Gasteiger partial charge in [-0.25, -0.2) is 9.59 Å². The molecule has 0 bridgehead atoms. The van der Waals surface area contributed by atoms with E-state index in [1.807, 2.05) is 42.5 Å². The van der Waals surface area contributed by atoms with Crippen LogP contribution in [0.15, 0.2) is 42.5 Å². The van der Waals surface area contributed by atoms with Crippen molar-refractivity contribution in [2.24, 2.45) is 0 Å². The molecule has 7 heteroatoms. The van der Waals surface area contributed by atoms with Gasteiger partial charge in [-0.1, -0.05) is 55.3 Å². The predicted molar refractivity (Wildman–Crippen MR) is 118 cm³/mol. The van der Waals surface area contributed by atoms with Crippen LogP contribution in [0.2, 0.25) is 0 Å². The van der Waals surface area contributed by atoms with Gasteiger partial charge in [0.25, 0.3) is 0 Å². The van der Waals surface area contributed by atoms with Crippen molar-refractivity contribution in [2.45, 2.75) is 70.1 Å². The first-order valence-electron chi connectivity index (χ1n) is 10.6. The van der Waals surface area contributed by atoms with Gasteiger partial charge in [0, 0.05) is 6.42 Å². The van der Waals surface area contributed by atoms with Crippen molar-refractivity contribution in [3.05, 3.63) is 48.0 Å². The summed E-state index contributed by atoms with van der Waals surface area (Å²) in [5.41, 5.74) is -1.04. The summed E-state index contributed by atoms with van der Waals surface area (Å²) in [5, 5.41) is 17.2. The molecular formula is C24H30N2O5. The summed E-state index contributed by atoms with van der Waals surface area (Å²) in [4.78, 5) is 37.4. The van der Waals surface area contributed by atoms with Crippen LogP contribution in [0.4, 0.5) is 4.79 Å².